The van der Waals surface area contributed by atoms with Crippen LogP contribution in [0.1, 0.15) is 25.7 Å². The highest BCUT2D eigenvalue weighted by Crippen LogP contribution is 2.42. The molecule has 156 valence electrons. The van der Waals surface area contributed by atoms with Gasteiger partial charge in [-0.3, -0.25) is 24.6 Å². The maximum atomic E-state index is 12.8. The van der Waals surface area contributed by atoms with Gasteiger partial charge in [-0.1, -0.05) is 12.8 Å². The molecule has 1 saturated carbocycles. The largest absolute Gasteiger partial charge is 0.395 e. The SMILES string of the molecule is O=C1[C@H]2CCCC[C@@H]2C(=O)N1c1ccc(N2CCN(CCO)CC2)c([N+](=O)[O-])c1. The number of amides is 2. The van der Waals surface area contributed by atoms with E-state index in [-0.39, 0.29) is 35.9 Å². The van der Waals surface area contributed by atoms with Crippen molar-refractivity contribution in [2.24, 2.45) is 11.8 Å². The highest BCUT2D eigenvalue weighted by Gasteiger charge is 2.49. The summed E-state index contributed by atoms with van der Waals surface area (Å²) in [4.78, 5) is 42.2. The summed E-state index contributed by atoms with van der Waals surface area (Å²) in [5.41, 5.74) is 0.705. The van der Waals surface area contributed by atoms with Gasteiger partial charge in [0, 0.05) is 38.8 Å². The zero-order chi connectivity index (χ0) is 20.5. The minimum atomic E-state index is -0.447. The average molecular weight is 402 g/mol. The fourth-order valence-electron chi connectivity index (χ4n) is 4.84. The molecule has 0 spiro atoms. The molecular weight excluding hydrogens is 376 g/mol. The van der Waals surface area contributed by atoms with Gasteiger partial charge in [0.25, 0.3) is 5.69 Å². The van der Waals surface area contributed by atoms with E-state index in [2.05, 4.69) is 4.90 Å². The first-order chi connectivity index (χ1) is 14.0. The van der Waals surface area contributed by atoms with E-state index < -0.39 is 4.92 Å². The summed E-state index contributed by atoms with van der Waals surface area (Å²) in [6, 6.07) is 4.66. The lowest BCUT2D eigenvalue weighted by Crippen LogP contribution is -2.47. The Hall–Kier alpha value is -2.52. The van der Waals surface area contributed by atoms with Crippen LogP contribution in [0.25, 0.3) is 0 Å². The second-order valence-corrected chi connectivity index (χ2v) is 7.99. The molecule has 0 radical (unpaired) electrons. The van der Waals surface area contributed by atoms with Crippen molar-refractivity contribution in [3.8, 4) is 0 Å². The summed E-state index contributed by atoms with van der Waals surface area (Å²) >= 11 is 0. The van der Waals surface area contributed by atoms with Crippen LogP contribution in [-0.4, -0.2) is 66.1 Å². The maximum Gasteiger partial charge on any atom is 0.294 e. The first-order valence-corrected chi connectivity index (χ1v) is 10.3. The van der Waals surface area contributed by atoms with Gasteiger partial charge in [0.2, 0.25) is 11.8 Å². The van der Waals surface area contributed by atoms with E-state index >= 15 is 0 Å². The van der Waals surface area contributed by atoms with Crippen LogP contribution in [0.3, 0.4) is 0 Å². The van der Waals surface area contributed by atoms with Gasteiger partial charge in [-0.15, -0.1) is 0 Å². The predicted molar refractivity (Wildman–Crippen MR) is 107 cm³/mol. The number of carbonyl (C=O) groups excluding carboxylic acids is 2. The predicted octanol–water partition coefficient (Wildman–Crippen LogP) is 1.39. The molecule has 0 bridgehead atoms. The topological polar surface area (TPSA) is 107 Å². The molecule has 3 aliphatic rings. The number of piperazine rings is 1. The number of anilines is 2. The van der Waals surface area contributed by atoms with Gasteiger partial charge in [-0.05, 0) is 25.0 Å². The lowest BCUT2D eigenvalue weighted by molar-refractivity contribution is -0.384. The monoisotopic (exact) mass is 402 g/mol. The van der Waals surface area contributed by atoms with Gasteiger partial charge < -0.3 is 10.0 Å². The summed E-state index contributed by atoms with van der Waals surface area (Å²) in [6.07, 6.45) is 3.30. The number of carbonyl (C=O) groups is 2. The highest BCUT2D eigenvalue weighted by atomic mass is 16.6. The molecule has 4 rings (SSSR count). The number of nitro groups is 1. The molecule has 1 N–H and O–H groups in total. The van der Waals surface area contributed by atoms with Gasteiger partial charge in [0.05, 0.1) is 29.1 Å². The van der Waals surface area contributed by atoms with E-state index in [0.29, 0.717) is 56.9 Å². The van der Waals surface area contributed by atoms with Crippen LogP contribution in [0.4, 0.5) is 17.1 Å². The fourth-order valence-corrected chi connectivity index (χ4v) is 4.84. The molecule has 2 saturated heterocycles. The lowest BCUT2D eigenvalue weighted by atomic mass is 9.81. The van der Waals surface area contributed by atoms with Crippen LogP contribution in [0, 0.1) is 22.0 Å². The smallest absolute Gasteiger partial charge is 0.294 e. The molecule has 9 nitrogen and oxygen atoms in total. The van der Waals surface area contributed by atoms with Crippen LogP contribution >= 0.6 is 0 Å². The van der Waals surface area contributed by atoms with Gasteiger partial charge in [-0.2, -0.15) is 0 Å². The van der Waals surface area contributed by atoms with Gasteiger partial charge in [-0.25, -0.2) is 4.90 Å². The average Bonchev–Trinajstić information content (AvgIpc) is 2.99. The van der Waals surface area contributed by atoms with Crippen molar-refractivity contribution in [3.05, 3.63) is 28.3 Å². The van der Waals surface area contributed by atoms with Crippen molar-refractivity contribution in [1.29, 1.82) is 0 Å². The molecule has 2 atom stereocenters. The van der Waals surface area contributed by atoms with Crippen molar-refractivity contribution < 1.29 is 19.6 Å². The normalized spacial score (nSPS) is 25.4. The summed E-state index contributed by atoms with van der Waals surface area (Å²) in [7, 11) is 0. The molecule has 2 heterocycles. The number of aliphatic hydroxyl groups is 1. The zero-order valence-electron chi connectivity index (χ0n) is 16.3. The number of hydrogen-bond donors (Lipinski definition) is 1. The van der Waals surface area contributed by atoms with Crippen molar-refractivity contribution >= 4 is 28.9 Å². The Morgan fingerprint density at radius 2 is 1.66 bits per heavy atom. The van der Waals surface area contributed by atoms with Crippen LogP contribution in [0.2, 0.25) is 0 Å². The second-order valence-electron chi connectivity index (χ2n) is 7.99. The number of nitro benzene ring substituents is 1. The number of fused-ring (bicyclic) bond motifs is 1. The third kappa shape index (κ3) is 3.60. The lowest BCUT2D eigenvalue weighted by Gasteiger charge is -2.35. The Balaban J connectivity index is 1.59. The summed E-state index contributed by atoms with van der Waals surface area (Å²) in [5.74, 6) is -1.01. The van der Waals surface area contributed by atoms with E-state index in [1.54, 1.807) is 12.1 Å². The van der Waals surface area contributed by atoms with Gasteiger partial charge in [0.15, 0.2) is 0 Å². The number of hydrogen-bond acceptors (Lipinski definition) is 7. The molecular formula is C20H26N4O5. The first-order valence-electron chi connectivity index (χ1n) is 10.3. The molecule has 2 amide bonds. The minimum Gasteiger partial charge on any atom is -0.395 e. The maximum absolute atomic E-state index is 12.8. The highest BCUT2D eigenvalue weighted by molar-refractivity contribution is 6.22. The van der Waals surface area contributed by atoms with Crippen molar-refractivity contribution in [1.82, 2.24) is 4.90 Å². The van der Waals surface area contributed by atoms with E-state index in [1.807, 2.05) is 4.90 Å². The molecule has 3 fully saturated rings. The molecule has 1 aromatic carbocycles. The van der Waals surface area contributed by atoms with E-state index in [1.165, 1.54) is 6.07 Å². The number of imide groups is 1. The quantitative estimate of drug-likeness (QED) is 0.450. The van der Waals surface area contributed by atoms with Crippen LogP contribution in [-0.2, 0) is 9.59 Å². The van der Waals surface area contributed by atoms with E-state index in [9.17, 15) is 19.7 Å². The Morgan fingerprint density at radius 3 is 2.21 bits per heavy atom. The number of rotatable bonds is 5. The zero-order valence-corrected chi connectivity index (χ0v) is 16.3. The third-order valence-corrected chi connectivity index (χ3v) is 6.38. The Kier molecular flexibility index (Phi) is 5.51. The molecule has 29 heavy (non-hydrogen) atoms. The second kappa shape index (κ2) is 8.08. The van der Waals surface area contributed by atoms with Crippen LogP contribution in [0.15, 0.2) is 18.2 Å². The third-order valence-electron chi connectivity index (χ3n) is 6.38. The fraction of sp³-hybridized carbons (Fsp3) is 0.600. The standard InChI is InChI=1S/C20H26N4O5/c25-12-11-21-7-9-22(10-8-21)17-6-5-14(13-18(17)24(28)29)23-19(26)15-3-1-2-4-16(15)20(23)27/h5-6,13,15-16,25H,1-4,7-12H2/t15-,16-/m0/s1. The van der Waals surface area contributed by atoms with Gasteiger partial charge >= 0.3 is 0 Å². The van der Waals surface area contributed by atoms with Crippen LogP contribution < -0.4 is 9.80 Å². The van der Waals surface area contributed by atoms with Crippen molar-refractivity contribution in [2.45, 2.75) is 25.7 Å². The molecule has 9 heteroatoms. The Labute approximate surface area is 169 Å². The Morgan fingerprint density at radius 1 is 1.03 bits per heavy atom. The van der Waals surface area contributed by atoms with Gasteiger partial charge in [0.1, 0.15) is 5.69 Å². The first kappa shape index (κ1) is 19.8. The molecule has 0 aromatic heterocycles. The molecule has 2 aliphatic heterocycles. The number of aliphatic hydroxyl groups excluding tert-OH is 1. The molecule has 0 unspecified atom stereocenters. The number of β-amino-alcohol motifs (C(OH)–C–C–N with tert-alkyl or cyclic N) is 1. The van der Waals surface area contributed by atoms with Crippen LogP contribution in [0.5, 0.6) is 0 Å². The molecule has 1 aromatic rings. The minimum absolute atomic E-state index is 0.0893. The Bertz CT molecular complexity index is 797. The molecule has 1 aliphatic carbocycles. The number of nitrogens with zero attached hydrogens (tertiary/aromatic N) is 4. The number of benzene rings is 1. The van der Waals surface area contributed by atoms with E-state index in [4.69, 9.17) is 5.11 Å². The summed E-state index contributed by atoms with van der Waals surface area (Å²) in [6.45, 7) is 3.35. The summed E-state index contributed by atoms with van der Waals surface area (Å²) < 4.78 is 0. The van der Waals surface area contributed by atoms with Crippen molar-refractivity contribution in [2.75, 3.05) is 49.1 Å². The van der Waals surface area contributed by atoms with E-state index in [0.717, 1.165) is 17.7 Å². The summed E-state index contributed by atoms with van der Waals surface area (Å²) in [5, 5.41) is 20.8. The van der Waals surface area contributed by atoms with Crippen molar-refractivity contribution in [3.63, 3.8) is 0 Å².